The second-order valence-electron chi connectivity index (χ2n) is 26.7. The fraction of sp³-hybridized carbons (Fsp3) is 0.103. The number of hydrogen-bond donors (Lipinski definition) is 0. The minimum absolute atomic E-state index is 0. The Morgan fingerprint density at radius 1 is 0.303 bits per heavy atom. The zero-order valence-electron chi connectivity index (χ0n) is 60.6. The molecule has 4 nitrogen and oxygen atoms in total. The number of hydrogen-bond acceptors (Lipinski definition) is 4. The summed E-state index contributed by atoms with van der Waals surface area (Å²) >= 11 is 0. The van der Waals surface area contributed by atoms with Crippen molar-refractivity contribution in [2.45, 2.75) is 56.3 Å². The van der Waals surface area contributed by atoms with Crippen LogP contribution in [-0.4, -0.2) is 6.15 Å². The van der Waals surface area contributed by atoms with Gasteiger partial charge >= 0.3 is 78.1 Å². The maximum Gasteiger partial charge on any atom is 2.00 e. The van der Waals surface area contributed by atoms with Crippen LogP contribution in [0.5, 0.6) is 5.75 Å². The molecule has 14 aromatic carbocycles. The molecule has 32 heteroatoms. The molecule has 0 bridgehead atoms. The molecule has 0 fully saturated rings. The third kappa shape index (κ3) is 18.6. The van der Waals surface area contributed by atoms with Crippen LogP contribution < -0.4 is 42.3 Å². The summed E-state index contributed by atoms with van der Waals surface area (Å²) in [6, 6.07) is 66.3. The Bertz CT molecular complexity index is 5800. The third-order valence-electron chi connectivity index (χ3n) is 19.3. The van der Waals surface area contributed by atoms with Crippen molar-refractivity contribution in [2.24, 2.45) is 0 Å². The van der Waals surface area contributed by atoms with E-state index in [1.807, 2.05) is 0 Å². The van der Waals surface area contributed by atoms with Crippen molar-refractivity contribution in [3.8, 4) is 22.9 Å². The molecular formula is C87H52BF24NO3P2Pd. The van der Waals surface area contributed by atoms with E-state index in [4.69, 9.17) is 18.2 Å². The van der Waals surface area contributed by atoms with Crippen LogP contribution in [0.3, 0.4) is 0 Å². The number of nitriles is 1. The smallest absolute Gasteiger partial charge is 0.390 e. The molecule has 0 saturated carbocycles. The number of halogens is 24. The Labute approximate surface area is 675 Å². The predicted octanol–water partition coefficient (Wildman–Crippen LogP) is 26.4. The predicted molar refractivity (Wildman–Crippen MR) is 411 cm³/mol. The van der Waals surface area contributed by atoms with Gasteiger partial charge in [0.2, 0.25) is 0 Å². The summed E-state index contributed by atoms with van der Waals surface area (Å²) in [5.41, 5.74) is -26.6. The van der Waals surface area contributed by atoms with Gasteiger partial charge in [0.05, 0.1) is 50.6 Å². The molecule has 0 radical (unpaired) electrons. The average Bonchev–Trinajstić information content (AvgIpc) is 1.56. The van der Waals surface area contributed by atoms with E-state index >= 15 is 0 Å². The molecule has 0 saturated heterocycles. The van der Waals surface area contributed by atoms with Gasteiger partial charge in [0.1, 0.15) is 23.1 Å². The second kappa shape index (κ2) is 33.5. The van der Waals surface area contributed by atoms with Gasteiger partial charge in [0, 0.05) is 28.8 Å². The fourth-order valence-electron chi connectivity index (χ4n) is 14.3. The molecule has 0 aliphatic carbocycles. The van der Waals surface area contributed by atoms with Crippen LogP contribution in [0.25, 0.3) is 76.2 Å². The summed E-state index contributed by atoms with van der Waals surface area (Å²) in [4.78, 5) is 0. The molecule has 15 rings (SSSR count). The number of rotatable bonds is 10. The molecule has 0 N–H and O–H groups in total. The molecule has 0 aliphatic heterocycles. The molecule has 119 heavy (non-hydrogen) atoms. The summed E-state index contributed by atoms with van der Waals surface area (Å²) in [6.07, 6.45) is -54.8. The molecule has 1 heterocycles. The molecule has 15 aromatic rings. The van der Waals surface area contributed by atoms with Gasteiger partial charge in [-0.1, -0.05) is 224 Å². The van der Waals surface area contributed by atoms with E-state index in [-0.39, 0.29) is 27.8 Å². The Balaban J connectivity index is 0.000000222. The van der Waals surface area contributed by atoms with Gasteiger partial charge in [0.15, 0.2) is 0 Å². The minimum Gasteiger partial charge on any atom is -0.390 e. The molecule has 614 valence electrons. The SMILES string of the molecule is CC#N.FC(F)(F)c1cc([B-](c2cc(C(F)(F)F)cc(C(F)(F)F)c2)(c2cc(C(F)(F)F)cc(C(F)(F)F)c2)c2cc(C(F)(F)F)cc(C(F)(F)F)c2)cc(C(F)(F)F)c1.[CH3-].[Pd+2].c1ccc(P(c2ccccc2)c2ccc3ccccc3c2-c2c(Op3oc4cc5ccccc5cc4c4cc5ccccc5cc4o3)ccc3ccccc23)cc1. The number of benzene rings is 14. The van der Waals surface area contributed by atoms with Gasteiger partial charge in [0.25, 0.3) is 0 Å². The van der Waals surface area contributed by atoms with Crippen LogP contribution >= 0.6 is 16.2 Å². The first-order valence-corrected chi connectivity index (χ1v) is 36.9. The fourth-order valence-corrected chi connectivity index (χ4v) is 17.8. The van der Waals surface area contributed by atoms with E-state index in [1.54, 1.807) is 6.07 Å². The summed E-state index contributed by atoms with van der Waals surface area (Å²) in [7, 11) is -2.94. The van der Waals surface area contributed by atoms with Crippen LogP contribution in [-0.2, 0) is 69.8 Å². The molecular weight excluding hydrogens is 1740 g/mol. The van der Waals surface area contributed by atoms with Gasteiger partial charge in [-0.05, 0) is 122 Å². The van der Waals surface area contributed by atoms with Crippen LogP contribution in [0.1, 0.15) is 51.4 Å². The minimum atomic E-state index is -6.13. The van der Waals surface area contributed by atoms with Crippen molar-refractivity contribution in [3.05, 3.63) is 331 Å². The van der Waals surface area contributed by atoms with Gasteiger partial charge in [-0.3, -0.25) is 0 Å². The Morgan fingerprint density at radius 2 is 0.555 bits per heavy atom. The van der Waals surface area contributed by atoms with Gasteiger partial charge in [-0.15, -0.1) is 0 Å². The van der Waals surface area contributed by atoms with Crippen molar-refractivity contribution in [1.82, 2.24) is 0 Å². The van der Waals surface area contributed by atoms with Crippen LogP contribution in [0.2, 0.25) is 0 Å². The average molecular weight is 1790 g/mol. The maximum atomic E-state index is 14.2. The zero-order valence-corrected chi connectivity index (χ0v) is 63.9. The summed E-state index contributed by atoms with van der Waals surface area (Å²) < 4.78 is 362. The molecule has 0 aliphatic rings. The van der Waals surface area contributed by atoms with Gasteiger partial charge in [-0.2, -0.15) is 132 Å². The molecule has 0 unspecified atom stereocenters. The number of fused-ring (bicyclic) bond motifs is 7. The van der Waals surface area contributed by atoms with Crippen LogP contribution in [0.4, 0.5) is 105 Å². The quantitative estimate of drug-likeness (QED) is 0.0593. The topological polar surface area (TPSA) is 59.3 Å². The van der Waals surface area contributed by atoms with Crippen molar-refractivity contribution in [1.29, 1.82) is 5.26 Å². The standard InChI is InChI=1S/C52H34O3P2.C32H12BF24.C2H3N.CH3.Pd/c1-3-21-41(22-4-1)56(42-23-5-2-6-24-42)50-30-28-36-16-12-14-26-44(36)52(50)51-43-25-13-11-15-35(43)27-29-47(51)53-57-54-48-33-39-19-9-7-17-37(39)31-45(48)46-32-38-18-8-10-20-40(38)34-49(46)55-57;34-25(35,36)13-1-14(26(37,38)39)6-21(5-13)33(22-7-15(27(40,41)42)2-16(8-22)28(43,44)45,23-9-17(29(46,47)48)3-18(10-23)30(49,50)51)24-11-19(31(52,53)54)4-20(12-24)32(55,56)57;1-2-3;;/h1-34H;1-12H;1H3;1H3;/q;-1;;-1;+2. The number of nitrogens with zero attached hydrogens (tertiary/aromatic N) is 1. The van der Waals surface area contributed by atoms with Crippen LogP contribution in [0.15, 0.2) is 287 Å². The normalized spacial score (nSPS) is 12.5. The first-order valence-electron chi connectivity index (χ1n) is 34.4. The van der Waals surface area contributed by atoms with E-state index in [0.29, 0.717) is 5.75 Å². The van der Waals surface area contributed by atoms with Crippen LogP contribution in [0, 0.1) is 18.8 Å². The van der Waals surface area contributed by atoms with E-state index < -0.39 is 211 Å². The molecule has 0 atom stereocenters. The van der Waals surface area contributed by atoms with Crippen molar-refractivity contribution in [3.63, 3.8) is 0 Å². The second-order valence-corrected chi connectivity index (χ2v) is 29.9. The summed E-state index contributed by atoms with van der Waals surface area (Å²) in [6.45, 7) is 1.43. The third-order valence-corrected chi connectivity index (χ3v) is 22.8. The monoisotopic (exact) mass is 1790 g/mol. The molecule has 0 amide bonds. The van der Waals surface area contributed by atoms with E-state index in [1.165, 1.54) is 33.6 Å². The first-order chi connectivity index (χ1) is 54.9. The van der Waals surface area contributed by atoms with Crippen molar-refractivity contribution in [2.75, 3.05) is 0 Å². The van der Waals surface area contributed by atoms with E-state index in [0.717, 1.165) is 65.4 Å². The summed E-state index contributed by atoms with van der Waals surface area (Å²) in [5, 5.41) is 22.1. The van der Waals surface area contributed by atoms with Gasteiger partial charge in [-0.25, -0.2) is 0 Å². The van der Waals surface area contributed by atoms with E-state index in [9.17, 15) is 105 Å². The summed E-state index contributed by atoms with van der Waals surface area (Å²) in [5.74, 6) is 0.708. The maximum absolute atomic E-state index is 14.2. The number of alkyl halides is 24. The Kier molecular flexibility index (Phi) is 25.0. The first kappa shape index (κ1) is 88.6. The van der Waals surface area contributed by atoms with Crippen molar-refractivity contribution < 1.29 is 139 Å². The largest absolute Gasteiger partial charge is 2.00 e. The molecule has 0 spiro atoms. The Hall–Kier alpha value is -11.2. The van der Waals surface area contributed by atoms with Crippen molar-refractivity contribution >= 4 is 125 Å². The Morgan fingerprint density at radius 3 is 0.849 bits per heavy atom. The van der Waals surface area contributed by atoms with E-state index in [2.05, 4.69) is 206 Å². The zero-order chi connectivity index (χ0) is 84.3. The molecule has 1 aromatic heterocycles. The van der Waals surface area contributed by atoms with Gasteiger partial charge < -0.3 is 20.3 Å².